The van der Waals surface area contributed by atoms with E-state index in [9.17, 15) is 28.8 Å². The Morgan fingerprint density at radius 3 is 0.500 bits per heavy atom. The van der Waals surface area contributed by atoms with Crippen LogP contribution < -0.4 is 0 Å². The zero-order valence-corrected chi connectivity index (χ0v) is 14.6. The van der Waals surface area contributed by atoms with Gasteiger partial charge in [-0.15, -0.1) is 0 Å². The molecule has 2 aromatic rings. The van der Waals surface area contributed by atoms with Crippen molar-refractivity contribution < 1.29 is 59.4 Å². The molecule has 0 unspecified atom stereocenters. The Bertz CT molecular complexity index is 823. The second-order valence-electron chi connectivity index (χ2n) is 5.43. The van der Waals surface area contributed by atoms with Crippen molar-refractivity contribution in [3.8, 4) is 0 Å². The van der Waals surface area contributed by atoms with Crippen molar-refractivity contribution >= 4 is 35.8 Å². The molecule has 0 aromatic heterocycles. The van der Waals surface area contributed by atoms with Gasteiger partial charge in [0, 0.05) is 0 Å². The molecule has 0 fully saturated rings. The summed E-state index contributed by atoms with van der Waals surface area (Å²) >= 11 is 0. The fourth-order valence-corrected chi connectivity index (χ4v) is 2.00. The lowest BCUT2D eigenvalue weighted by Crippen LogP contribution is -2.07. The molecule has 0 aliphatic heterocycles. The van der Waals surface area contributed by atoms with Gasteiger partial charge in [-0.25, -0.2) is 28.8 Å². The molecule has 2 rings (SSSR count). The minimum absolute atomic E-state index is 0.368. The third-order valence-corrected chi connectivity index (χ3v) is 3.35. The normalized spacial score (nSPS) is 9.60. The maximum atomic E-state index is 10.6. The minimum Gasteiger partial charge on any atom is -0.478 e. The average Bonchev–Trinajstić information content (AvgIpc) is 2.67. The van der Waals surface area contributed by atoms with Crippen LogP contribution in [0, 0.1) is 0 Å². The molecular formula is C18H12O12. The molecule has 0 spiro atoms. The average molecular weight is 420 g/mol. The number of benzene rings is 2. The van der Waals surface area contributed by atoms with Crippen LogP contribution in [-0.2, 0) is 0 Å². The van der Waals surface area contributed by atoms with E-state index < -0.39 is 35.8 Å². The summed E-state index contributed by atoms with van der Waals surface area (Å²) in [5, 5.41) is 51.7. The molecule has 0 saturated heterocycles. The van der Waals surface area contributed by atoms with Crippen LogP contribution >= 0.6 is 0 Å². The molecule has 0 amide bonds. The lowest BCUT2D eigenvalue weighted by atomic mass is 10.1. The Balaban J connectivity index is 0.000000300. The highest BCUT2D eigenvalue weighted by Gasteiger charge is 2.15. The van der Waals surface area contributed by atoms with E-state index in [0.717, 1.165) is 36.4 Å². The zero-order chi connectivity index (χ0) is 23.2. The summed E-state index contributed by atoms with van der Waals surface area (Å²) in [6.45, 7) is 0. The minimum atomic E-state index is -1.37. The molecule has 0 aliphatic carbocycles. The number of carboxylic acids is 6. The summed E-state index contributed by atoms with van der Waals surface area (Å²) in [4.78, 5) is 63.4. The molecule has 0 aliphatic rings. The van der Waals surface area contributed by atoms with Gasteiger partial charge in [-0.2, -0.15) is 0 Å². The zero-order valence-electron chi connectivity index (χ0n) is 14.6. The summed E-state index contributed by atoms with van der Waals surface area (Å²) in [5.74, 6) is -8.25. The maximum absolute atomic E-state index is 10.6. The molecule has 2 aromatic carbocycles. The monoisotopic (exact) mass is 420 g/mol. The van der Waals surface area contributed by atoms with Crippen molar-refractivity contribution in [1.29, 1.82) is 0 Å². The van der Waals surface area contributed by atoms with Gasteiger partial charge >= 0.3 is 35.8 Å². The van der Waals surface area contributed by atoms with Gasteiger partial charge in [-0.1, -0.05) is 0 Å². The number of hydrogen-bond acceptors (Lipinski definition) is 6. The molecule has 30 heavy (non-hydrogen) atoms. The van der Waals surface area contributed by atoms with Crippen LogP contribution in [0.2, 0.25) is 0 Å². The van der Waals surface area contributed by atoms with E-state index in [1.165, 1.54) is 0 Å². The lowest BCUT2D eigenvalue weighted by Gasteiger charge is -2.00. The molecule has 0 radical (unpaired) electrons. The summed E-state index contributed by atoms with van der Waals surface area (Å²) in [6, 6.07) is 5.40. The number of carbonyl (C=O) groups is 6. The van der Waals surface area contributed by atoms with E-state index in [1.54, 1.807) is 0 Å². The van der Waals surface area contributed by atoms with Crippen LogP contribution in [0.3, 0.4) is 0 Å². The topological polar surface area (TPSA) is 224 Å². The van der Waals surface area contributed by atoms with Gasteiger partial charge < -0.3 is 30.6 Å². The number of aromatic carboxylic acids is 6. The highest BCUT2D eigenvalue weighted by molar-refractivity contribution is 5.99. The van der Waals surface area contributed by atoms with Crippen LogP contribution in [0.1, 0.15) is 62.1 Å². The molecule has 6 N–H and O–H groups in total. The first kappa shape index (κ1) is 23.3. The van der Waals surface area contributed by atoms with Gasteiger partial charge in [0.2, 0.25) is 0 Å². The first-order chi connectivity index (χ1) is 13.8. The number of hydrogen-bond donors (Lipinski definition) is 6. The quantitative estimate of drug-likeness (QED) is 0.391. The van der Waals surface area contributed by atoms with Gasteiger partial charge in [-0.3, -0.25) is 0 Å². The fraction of sp³-hybridized carbons (Fsp3) is 0. The smallest absolute Gasteiger partial charge is 0.335 e. The van der Waals surface area contributed by atoms with Crippen molar-refractivity contribution in [1.82, 2.24) is 0 Å². The van der Waals surface area contributed by atoms with E-state index in [4.69, 9.17) is 30.6 Å². The first-order valence-electron chi connectivity index (χ1n) is 7.53. The Hall–Kier alpha value is -4.74. The van der Waals surface area contributed by atoms with Crippen LogP contribution in [-0.4, -0.2) is 66.5 Å². The van der Waals surface area contributed by atoms with Gasteiger partial charge in [0.1, 0.15) is 0 Å². The van der Waals surface area contributed by atoms with Crippen molar-refractivity contribution in [3.05, 3.63) is 69.8 Å². The summed E-state index contributed by atoms with van der Waals surface area (Å²) in [5.41, 5.74) is -2.21. The van der Waals surface area contributed by atoms with E-state index in [0.29, 0.717) is 0 Å². The largest absolute Gasteiger partial charge is 0.478 e. The Morgan fingerprint density at radius 1 is 0.333 bits per heavy atom. The van der Waals surface area contributed by atoms with Crippen LogP contribution in [0.5, 0.6) is 0 Å². The van der Waals surface area contributed by atoms with E-state index >= 15 is 0 Å². The molecule has 0 atom stereocenters. The van der Waals surface area contributed by atoms with Gasteiger partial charge in [0.25, 0.3) is 0 Å². The number of carboxylic acid groups (broad SMARTS) is 6. The molecule has 12 heteroatoms. The highest BCUT2D eigenvalue weighted by Crippen LogP contribution is 2.12. The SMILES string of the molecule is O=C(O)c1cc(C(=O)O)cc(C(=O)O)c1.O=C(O)c1cc(C(=O)O)cc(C(=O)O)c1. The van der Waals surface area contributed by atoms with Gasteiger partial charge in [-0.05, 0) is 36.4 Å². The van der Waals surface area contributed by atoms with Gasteiger partial charge in [0.05, 0.1) is 33.4 Å². The molecule has 0 bridgehead atoms. The van der Waals surface area contributed by atoms with Gasteiger partial charge in [0.15, 0.2) is 0 Å². The second-order valence-corrected chi connectivity index (χ2v) is 5.43. The molecule has 0 heterocycles. The molecule has 0 saturated carbocycles. The van der Waals surface area contributed by atoms with E-state index in [-0.39, 0.29) is 33.4 Å². The molecular weight excluding hydrogens is 408 g/mol. The van der Waals surface area contributed by atoms with Crippen molar-refractivity contribution in [2.45, 2.75) is 0 Å². The Kier molecular flexibility index (Phi) is 7.34. The summed E-state index contributed by atoms with van der Waals surface area (Å²) in [7, 11) is 0. The Morgan fingerprint density at radius 2 is 0.433 bits per heavy atom. The lowest BCUT2D eigenvalue weighted by molar-refractivity contribution is 0.0666. The fourth-order valence-electron chi connectivity index (χ4n) is 2.00. The van der Waals surface area contributed by atoms with Crippen molar-refractivity contribution in [2.24, 2.45) is 0 Å². The molecule has 156 valence electrons. The predicted octanol–water partition coefficient (Wildman–Crippen LogP) is 1.56. The van der Waals surface area contributed by atoms with Crippen LogP contribution in [0.15, 0.2) is 36.4 Å². The van der Waals surface area contributed by atoms with Crippen molar-refractivity contribution in [3.63, 3.8) is 0 Å². The predicted molar refractivity (Wildman–Crippen MR) is 94.6 cm³/mol. The summed E-state index contributed by atoms with van der Waals surface area (Å²) in [6.07, 6.45) is 0. The summed E-state index contributed by atoms with van der Waals surface area (Å²) < 4.78 is 0. The third-order valence-electron chi connectivity index (χ3n) is 3.35. The van der Waals surface area contributed by atoms with Crippen LogP contribution in [0.25, 0.3) is 0 Å². The van der Waals surface area contributed by atoms with E-state index in [1.807, 2.05) is 0 Å². The van der Waals surface area contributed by atoms with Crippen LogP contribution in [0.4, 0.5) is 0 Å². The number of rotatable bonds is 6. The maximum Gasteiger partial charge on any atom is 0.335 e. The third kappa shape index (κ3) is 6.16. The molecule has 12 nitrogen and oxygen atoms in total. The highest BCUT2D eigenvalue weighted by atomic mass is 16.4. The Labute approximate surface area is 165 Å². The standard InChI is InChI=1S/2C9H6O6/c2*10-7(11)4-1-5(8(12)13)3-6(2-4)9(14)15/h2*1-3H,(H,10,11)(H,12,13)(H,14,15). The van der Waals surface area contributed by atoms with E-state index in [2.05, 4.69) is 0 Å². The first-order valence-corrected chi connectivity index (χ1v) is 7.53. The second kappa shape index (κ2) is 9.45. The van der Waals surface area contributed by atoms with Crippen molar-refractivity contribution in [2.75, 3.05) is 0 Å².